The van der Waals surface area contributed by atoms with E-state index in [9.17, 15) is 37.5 Å². The number of ketones is 1. The Labute approximate surface area is 372 Å². The highest BCUT2D eigenvalue weighted by atomic mass is 32.2. The van der Waals surface area contributed by atoms with Crippen molar-refractivity contribution in [2.24, 2.45) is 11.8 Å². The molecule has 0 spiro atoms. The second-order valence-electron chi connectivity index (χ2n) is 17.3. The van der Waals surface area contributed by atoms with Gasteiger partial charge in [-0.1, -0.05) is 106 Å². The number of amides is 4. The van der Waals surface area contributed by atoms with E-state index in [0.717, 1.165) is 18.1 Å². The maximum atomic E-state index is 14.3. The first-order valence-electron chi connectivity index (χ1n) is 21.6. The molecule has 5 atom stereocenters. The summed E-state index contributed by atoms with van der Waals surface area (Å²) in [5, 5.41) is 22.6. The fourth-order valence-corrected chi connectivity index (χ4v) is 8.11. The topological polar surface area (TPSA) is 210 Å². The number of aliphatic hydroxyl groups is 1. The van der Waals surface area contributed by atoms with Crippen LogP contribution in [0.4, 0.5) is 0 Å². The van der Waals surface area contributed by atoms with E-state index in [0.29, 0.717) is 38.3 Å². The van der Waals surface area contributed by atoms with Gasteiger partial charge in [-0.3, -0.25) is 33.1 Å². The average Bonchev–Trinajstić information content (AvgIpc) is 3.24. The van der Waals surface area contributed by atoms with Crippen molar-refractivity contribution in [3.63, 3.8) is 0 Å². The van der Waals surface area contributed by atoms with Crippen molar-refractivity contribution < 1.29 is 46.4 Å². The van der Waals surface area contributed by atoms with E-state index < -0.39 is 70.0 Å². The molecule has 63 heavy (non-hydrogen) atoms. The molecule has 4 amide bonds. The van der Waals surface area contributed by atoms with E-state index in [4.69, 9.17) is 8.92 Å². The number of aryl methyl sites for hydroxylation is 2. The number of hydrogen-bond donors (Lipinski definition) is 5. The Bertz CT molecular complexity index is 2060. The van der Waals surface area contributed by atoms with Gasteiger partial charge in [0.05, 0.1) is 30.7 Å². The summed E-state index contributed by atoms with van der Waals surface area (Å²) in [6.07, 6.45) is 1.03. The van der Waals surface area contributed by atoms with Crippen molar-refractivity contribution in [1.29, 1.82) is 0 Å². The van der Waals surface area contributed by atoms with Crippen molar-refractivity contribution in [3.05, 3.63) is 102 Å². The number of hydrogen-bond acceptors (Lipinski definition) is 11. The highest BCUT2D eigenvalue weighted by molar-refractivity contribution is 7.86. The van der Waals surface area contributed by atoms with Gasteiger partial charge in [0, 0.05) is 19.5 Å². The van der Waals surface area contributed by atoms with Gasteiger partial charge in [-0.2, -0.15) is 8.42 Å². The molecule has 1 fully saturated rings. The van der Waals surface area contributed by atoms with Crippen LogP contribution < -0.4 is 21.3 Å². The molecular weight excluding hydrogens is 827 g/mol. The SMILES string of the molecule is Cc1ccc(S(=O)(=O)OCC(C)(O)C(=O)C(CC(C)C)NC(=O)[C@H](Cc2ccccc2)NC(=O)C(CC(C)C)NC(=O)[C@H](CCc2ccccc2)NC(=O)CN2CCOCC2)cc1. The third-order valence-corrected chi connectivity index (χ3v) is 11.9. The summed E-state index contributed by atoms with van der Waals surface area (Å²) in [5.41, 5.74) is 0.151. The molecule has 344 valence electrons. The van der Waals surface area contributed by atoms with Crippen LogP contribution in [0.2, 0.25) is 0 Å². The summed E-state index contributed by atoms with van der Waals surface area (Å²) in [4.78, 5) is 71.7. The Kier molecular flexibility index (Phi) is 19.4. The van der Waals surface area contributed by atoms with E-state index in [1.54, 1.807) is 49.4 Å². The zero-order chi connectivity index (χ0) is 46.2. The number of nitrogens with zero attached hydrogens (tertiary/aromatic N) is 1. The lowest BCUT2D eigenvalue weighted by Gasteiger charge is -2.30. The summed E-state index contributed by atoms with van der Waals surface area (Å²) in [7, 11) is -4.34. The quantitative estimate of drug-likeness (QED) is 0.0825. The lowest BCUT2D eigenvalue weighted by atomic mass is 9.90. The van der Waals surface area contributed by atoms with Crippen LogP contribution in [0.1, 0.15) is 70.6 Å². The van der Waals surface area contributed by atoms with Gasteiger partial charge in [0.2, 0.25) is 23.6 Å². The van der Waals surface area contributed by atoms with Gasteiger partial charge in [0.25, 0.3) is 10.1 Å². The van der Waals surface area contributed by atoms with Gasteiger partial charge in [0.1, 0.15) is 30.3 Å². The van der Waals surface area contributed by atoms with Crippen LogP contribution >= 0.6 is 0 Å². The third-order valence-electron chi connectivity index (χ3n) is 10.6. The Balaban J connectivity index is 1.54. The van der Waals surface area contributed by atoms with Gasteiger partial charge in [-0.15, -0.1) is 0 Å². The van der Waals surface area contributed by atoms with Gasteiger partial charge in [-0.05, 0) is 74.6 Å². The molecule has 0 aromatic heterocycles. The minimum Gasteiger partial charge on any atom is -0.380 e. The summed E-state index contributed by atoms with van der Waals surface area (Å²) >= 11 is 0. The zero-order valence-electron chi connectivity index (χ0n) is 37.3. The van der Waals surface area contributed by atoms with Gasteiger partial charge >= 0.3 is 0 Å². The third kappa shape index (κ3) is 16.9. The number of carbonyl (C=O) groups excluding carboxylic acids is 5. The maximum Gasteiger partial charge on any atom is 0.297 e. The van der Waals surface area contributed by atoms with E-state index in [2.05, 4.69) is 21.3 Å². The molecule has 0 bridgehead atoms. The Morgan fingerprint density at radius 3 is 1.81 bits per heavy atom. The average molecular weight is 892 g/mol. The van der Waals surface area contributed by atoms with Crippen LogP contribution in [0.25, 0.3) is 0 Å². The molecule has 15 nitrogen and oxygen atoms in total. The number of ether oxygens (including phenoxy) is 1. The van der Waals surface area contributed by atoms with Crippen molar-refractivity contribution in [2.45, 2.75) is 108 Å². The monoisotopic (exact) mass is 891 g/mol. The highest BCUT2D eigenvalue weighted by Gasteiger charge is 2.40. The van der Waals surface area contributed by atoms with Crippen LogP contribution in [0.5, 0.6) is 0 Å². The molecule has 1 heterocycles. The molecule has 0 aliphatic carbocycles. The fraction of sp³-hybridized carbons (Fsp3) is 0.511. The van der Waals surface area contributed by atoms with Crippen LogP contribution in [-0.4, -0.2) is 117 Å². The number of carbonyl (C=O) groups is 5. The lowest BCUT2D eigenvalue weighted by molar-refractivity contribution is -0.143. The van der Waals surface area contributed by atoms with E-state index in [1.807, 2.05) is 62.9 Å². The van der Waals surface area contributed by atoms with E-state index >= 15 is 0 Å². The first-order valence-corrected chi connectivity index (χ1v) is 23.0. The Morgan fingerprint density at radius 1 is 0.714 bits per heavy atom. The molecule has 0 saturated carbocycles. The summed E-state index contributed by atoms with van der Waals surface area (Å²) in [5.74, 6) is -3.39. The fourth-order valence-electron chi connectivity index (χ4n) is 7.12. The number of morpholine rings is 1. The van der Waals surface area contributed by atoms with E-state index in [-0.39, 0.29) is 54.9 Å². The Morgan fingerprint density at radius 2 is 1.22 bits per heavy atom. The molecule has 5 N–H and O–H groups in total. The maximum absolute atomic E-state index is 14.3. The number of nitrogens with one attached hydrogen (secondary N) is 4. The van der Waals surface area contributed by atoms with Crippen LogP contribution in [0.3, 0.4) is 0 Å². The van der Waals surface area contributed by atoms with Crippen molar-refractivity contribution in [1.82, 2.24) is 26.2 Å². The molecule has 1 aliphatic heterocycles. The number of Topliss-reactive ketones (excluding diaryl/α,β-unsaturated/α-hetero) is 1. The predicted octanol–water partition coefficient (Wildman–Crippen LogP) is 3.26. The van der Waals surface area contributed by atoms with Gasteiger partial charge < -0.3 is 31.1 Å². The first-order chi connectivity index (χ1) is 29.8. The van der Waals surface area contributed by atoms with Crippen LogP contribution in [0, 0.1) is 18.8 Å². The molecule has 0 radical (unpaired) electrons. The predicted molar refractivity (Wildman–Crippen MR) is 239 cm³/mol. The van der Waals surface area contributed by atoms with E-state index in [1.165, 1.54) is 12.1 Å². The normalized spacial score (nSPS) is 16.3. The molecule has 4 rings (SSSR count). The summed E-state index contributed by atoms with van der Waals surface area (Å²) < 4.78 is 36.4. The molecule has 3 aromatic rings. The Hall–Kier alpha value is -5.00. The van der Waals surface area contributed by atoms with Crippen LogP contribution in [-0.2, 0) is 55.9 Å². The lowest BCUT2D eigenvalue weighted by Crippen LogP contribution is -2.60. The van der Waals surface area contributed by atoms with Crippen molar-refractivity contribution in [3.8, 4) is 0 Å². The largest absolute Gasteiger partial charge is 0.380 e. The number of rotatable bonds is 24. The zero-order valence-corrected chi connectivity index (χ0v) is 38.1. The molecule has 16 heteroatoms. The minimum atomic E-state index is -4.34. The minimum absolute atomic E-state index is 0.00887. The van der Waals surface area contributed by atoms with Gasteiger partial charge in [0.15, 0.2) is 5.78 Å². The van der Waals surface area contributed by atoms with Gasteiger partial charge in [-0.25, -0.2) is 0 Å². The molecule has 1 aliphatic rings. The molecule has 1 saturated heterocycles. The first kappa shape index (κ1) is 50.6. The molecule has 3 aromatic carbocycles. The summed E-state index contributed by atoms with van der Waals surface area (Å²) in [6, 6.07) is 19.7. The highest BCUT2D eigenvalue weighted by Crippen LogP contribution is 2.20. The van der Waals surface area contributed by atoms with Crippen LogP contribution in [0.15, 0.2) is 89.8 Å². The second kappa shape index (κ2) is 24.2. The second-order valence-corrected chi connectivity index (χ2v) is 18.9. The van der Waals surface area contributed by atoms with Crippen molar-refractivity contribution >= 4 is 39.5 Å². The van der Waals surface area contributed by atoms with Crippen molar-refractivity contribution in [2.75, 3.05) is 39.5 Å². The smallest absolute Gasteiger partial charge is 0.297 e. The summed E-state index contributed by atoms with van der Waals surface area (Å²) in [6.45, 7) is 11.7. The number of benzene rings is 3. The standard InChI is InChI=1S/C47H65N5O10S/c1-32(2)27-39(43(54)47(6,58)31-62-63(59,60)37-20-17-34(5)18-21-37)49-46(57)41(29-36-15-11-8-12-16-36)51-45(56)40(28-33(3)4)50-44(55)38(22-19-35-13-9-7-10-14-35)48-42(53)30-52-23-25-61-26-24-52/h7-18,20-21,32-33,38-41,58H,19,22-31H2,1-6H3,(H,48,53)(H,49,57)(H,50,55)(H,51,56)/t38-,39?,40?,41-,47?/m0/s1. The molecular formula is C47H65N5O10S. The molecule has 3 unspecified atom stereocenters.